The van der Waals surface area contributed by atoms with E-state index in [-0.39, 0.29) is 18.7 Å². The quantitative estimate of drug-likeness (QED) is 0.736. The van der Waals surface area contributed by atoms with Gasteiger partial charge in [0.05, 0.1) is 6.26 Å². The maximum atomic E-state index is 11.9. The molecule has 0 saturated heterocycles. The molecule has 0 atom stereocenters. The molecule has 0 spiro atoms. The lowest BCUT2D eigenvalue weighted by atomic mass is 10.2. The van der Waals surface area contributed by atoms with Gasteiger partial charge in [-0.3, -0.25) is 10.1 Å². The summed E-state index contributed by atoms with van der Waals surface area (Å²) in [5, 5.41) is 10.0. The SMILES string of the molecule is O=C(C=Cc1ccc2c(c1)OCO2)Nc1nnc(-c2ccco2)o1. The van der Waals surface area contributed by atoms with Crippen molar-refractivity contribution in [3.8, 4) is 23.1 Å². The van der Waals surface area contributed by atoms with Crippen molar-refractivity contribution in [1.29, 1.82) is 0 Å². The van der Waals surface area contributed by atoms with Gasteiger partial charge in [0.25, 0.3) is 11.8 Å². The van der Waals surface area contributed by atoms with Crippen LogP contribution in [0.4, 0.5) is 6.01 Å². The first-order chi connectivity index (χ1) is 11.8. The Morgan fingerprint density at radius 1 is 1.17 bits per heavy atom. The molecule has 0 unspecified atom stereocenters. The van der Waals surface area contributed by atoms with Crippen LogP contribution < -0.4 is 14.8 Å². The zero-order valence-electron chi connectivity index (χ0n) is 12.3. The van der Waals surface area contributed by atoms with Crippen LogP contribution in [0.5, 0.6) is 11.5 Å². The fourth-order valence-electron chi connectivity index (χ4n) is 2.11. The Hall–Kier alpha value is -3.55. The predicted octanol–water partition coefficient (Wildman–Crippen LogP) is 2.71. The zero-order valence-corrected chi connectivity index (χ0v) is 12.3. The fraction of sp³-hybridized carbons (Fsp3) is 0.0625. The molecule has 8 heteroatoms. The summed E-state index contributed by atoms with van der Waals surface area (Å²) in [4.78, 5) is 11.9. The molecule has 0 bridgehead atoms. The standard InChI is InChI=1S/C16H11N3O5/c20-14(6-4-10-3-5-11-13(8-10)23-9-22-11)17-16-19-18-15(24-16)12-2-1-7-21-12/h1-8H,9H2,(H,17,19,20). The maximum Gasteiger partial charge on any atom is 0.322 e. The Morgan fingerprint density at radius 2 is 2.08 bits per heavy atom. The molecule has 1 aliphatic rings. The van der Waals surface area contributed by atoms with E-state index in [9.17, 15) is 4.79 Å². The number of hydrogen-bond donors (Lipinski definition) is 1. The summed E-state index contributed by atoms with van der Waals surface area (Å²) in [6, 6.07) is 8.76. The number of nitrogens with zero attached hydrogens (tertiary/aromatic N) is 2. The molecule has 3 heterocycles. The molecule has 0 fully saturated rings. The minimum atomic E-state index is -0.401. The van der Waals surface area contributed by atoms with E-state index in [0.717, 1.165) is 5.56 Å². The van der Waals surface area contributed by atoms with E-state index in [0.29, 0.717) is 17.3 Å². The molecule has 3 aromatic rings. The Balaban J connectivity index is 1.41. The highest BCUT2D eigenvalue weighted by atomic mass is 16.7. The highest BCUT2D eigenvalue weighted by Crippen LogP contribution is 2.32. The molecular formula is C16H11N3O5. The van der Waals surface area contributed by atoms with Gasteiger partial charge in [-0.05, 0) is 35.9 Å². The number of nitrogens with one attached hydrogen (secondary N) is 1. The van der Waals surface area contributed by atoms with Crippen LogP contribution in [0.25, 0.3) is 17.7 Å². The van der Waals surface area contributed by atoms with E-state index in [2.05, 4.69) is 15.5 Å². The molecule has 4 rings (SSSR count). The van der Waals surface area contributed by atoms with Gasteiger partial charge in [0.2, 0.25) is 6.79 Å². The summed E-state index contributed by atoms with van der Waals surface area (Å²) in [7, 11) is 0. The largest absolute Gasteiger partial charge is 0.459 e. The van der Waals surface area contributed by atoms with Crippen LogP contribution in [0, 0.1) is 0 Å². The normalized spacial score (nSPS) is 12.7. The van der Waals surface area contributed by atoms with E-state index in [1.54, 1.807) is 30.3 Å². The highest BCUT2D eigenvalue weighted by Gasteiger charge is 2.13. The average molecular weight is 325 g/mol. The second-order valence-corrected chi connectivity index (χ2v) is 4.82. The molecule has 1 amide bonds. The van der Waals surface area contributed by atoms with Crippen LogP contribution in [0.15, 0.2) is 51.5 Å². The van der Waals surface area contributed by atoms with Crippen molar-refractivity contribution in [2.75, 3.05) is 12.1 Å². The number of aromatic nitrogens is 2. The number of carbonyl (C=O) groups excluding carboxylic acids is 1. The number of furan rings is 1. The topological polar surface area (TPSA) is 99.6 Å². The molecule has 1 N–H and O–H groups in total. The van der Waals surface area contributed by atoms with Crippen molar-refractivity contribution in [2.24, 2.45) is 0 Å². The minimum absolute atomic E-state index is 0.0123. The minimum Gasteiger partial charge on any atom is -0.459 e. The molecule has 120 valence electrons. The Labute approximate surface area is 135 Å². The third-order valence-electron chi connectivity index (χ3n) is 3.21. The van der Waals surface area contributed by atoms with Crippen molar-refractivity contribution in [3.05, 3.63) is 48.2 Å². The van der Waals surface area contributed by atoms with Crippen LogP contribution in [-0.4, -0.2) is 22.9 Å². The first-order valence-corrected chi connectivity index (χ1v) is 7.04. The lowest BCUT2D eigenvalue weighted by molar-refractivity contribution is -0.112. The zero-order chi connectivity index (χ0) is 16.4. The molecule has 0 saturated carbocycles. The number of rotatable bonds is 4. The molecule has 8 nitrogen and oxygen atoms in total. The smallest absolute Gasteiger partial charge is 0.322 e. The van der Waals surface area contributed by atoms with Crippen molar-refractivity contribution in [1.82, 2.24) is 10.2 Å². The first kappa shape index (κ1) is 14.1. The Morgan fingerprint density at radius 3 is 2.96 bits per heavy atom. The lowest BCUT2D eigenvalue weighted by Gasteiger charge is -1.98. The molecule has 1 aliphatic heterocycles. The summed E-state index contributed by atoms with van der Waals surface area (Å²) in [6.07, 6.45) is 4.49. The molecule has 0 aliphatic carbocycles. The van der Waals surface area contributed by atoms with Crippen molar-refractivity contribution < 1.29 is 23.1 Å². The monoisotopic (exact) mass is 325 g/mol. The van der Waals surface area contributed by atoms with E-state index < -0.39 is 5.91 Å². The second-order valence-electron chi connectivity index (χ2n) is 4.82. The molecule has 1 aromatic carbocycles. The van der Waals surface area contributed by atoms with E-state index in [4.69, 9.17) is 18.3 Å². The lowest BCUT2D eigenvalue weighted by Crippen LogP contribution is -2.07. The third-order valence-corrected chi connectivity index (χ3v) is 3.21. The van der Waals surface area contributed by atoms with Crippen LogP contribution in [0.2, 0.25) is 0 Å². The van der Waals surface area contributed by atoms with E-state index in [1.165, 1.54) is 12.3 Å². The maximum absolute atomic E-state index is 11.9. The first-order valence-electron chi connectivity index (χ1n) is 7.04. The summed E-state index contributed by atoms with van der Waals surface area (Å²) in [6.45, 7) is 0.207. The highest BCUT2D eigenvalue weighted by molar-refractivity contribution is 6.00. The summed E-state index contributed by atoms with van der Waals surface area (Å²) in [5.74, 6) is 1.56. The molecular weight excluding hydrogens is 314 g/mol. The number of amides is 1. The Bertz CT molecular complexity index is 898. The predicted molar refractivity (Wildman–Crippen MR) is 82.2 cm³/mol. The third kappa shape index (κ3) is 2.84. The van der Waals surface area contributed by atoms with Gasteiger partial charge in [-0.2, -0.15) is 0 Å². The van der Waals surface area contributed by atoms with Gasteiger partial charge in [-0.1, -0.05) is 11.2 Å². The van der Waals surface area contributed by atoms with Gasteiger partial charge < -0.3 is 18.3 Å². The summed E-state index contributed by atoms with van der Waals surface area (Å²) < 4.78 is 20.9. The number of fused-ring (bicyclic) bond motifs is 1. The van der Waals surface area contributed by atoms with Crippen LogP contribution in [0.1, 0.15) is 5.56 Å². The second kappa shape index (κ2) is 5.92. The van der Waals surface area contributed by atoms with Crippen LogP contribution in [-0.2, 0) is 4.79 Å². The molecule has 24 heavy (non-hydrogen) atoms. The van der Waals surface area contributed by atoms with E-state index in [1.807, 2.05) is 6.07 Å². The number of anilines is 1. The molecule has 0 radical (unpaired) electrons. The average Bonchev–Trinajstić information content (AvgIpc) is 3.32. The number of hydrogen-bond acceptors (Lipinski definition) is 7. The van der Waals surface area contributed by atoms with Crippen molar-refractivity contribution in [2.45, 2.75) is 0 Å². The summed E-state index contributed by atoms with van der Waals surface area (Å²) >= 11 is 0. The van der Waals surface area contributed by atoms with Gasteiger partial charge in [-0.15, -0.1) is 5.10 Å². The van der Waals surface area contributed by atoms with Gasteiger partial charge in [0, 0.05) is 6.08 Å². The van der Waals surface area contributed by atoms with Crippen LogP contribution in [0.3, 0.4) is 0 Å². The van der Waals surface area contributed by atoms with E-state index >= 15 is 0 Å². The Kier molecular flexibility index (Phi) is 3.47. The van der Waals surface area contributed by atoms with Crippen LogP contribution >= 0.6 is 0 Å². The number of benzene rings is 1. The van der Waals surface area contributed by atoms with Gasteiger partial charge in [0.15, 0.2) is 17.3 Å². The summed E-state index contributed by atoms with van der Waals surface area (Å²) in [5.41, 5.74) is 0.802. The number of ether oxygens (including phenoxy) is 2. The van der Waals surface area contributed by atoms with Gasteiger partial charge in [0.1, 0.15) is 0 Å². The van der Waals surface area contributed by atoms with Gasteiger partial charge in [-0.25, -0.2) is 0 Å². The van der Waals surface area contributed by atoms with Gasteiger partial charge >= 0.3 is 6.01 Å². The van der Waals surface area contributed by atoms with Crippen molar-refractivity contribution in [3.63, 3.8) is 0 Å². The van der Waals surface area contributed by atoms with Crippen molar-refractivity contribution >= 4 is 18.0 Å². The fourth-order valence-corrected chi connectivity index (χ4v) is 2.11. The number of carbonyl (C=O) groups is 1. The molecule has 2 aromatic heterocycles.